The Labute approximate surface area is 78.0 Å². The van der Waals surface area contributed by atoms with Gasteiger partial charge in [0.1, 0.15) is 0 Å². The van der Waals surface area contributed by atoms with Gasteiger partial charge in [0.15, 0.2) is 0 Å². The quantitative estimate of drug-likeness (QED) is 0.671. The molecule has 0 radical (unpaired) electrons. The molecule has 0 atom stereocenters. The maximum absolute atomic E-state index is 5.93. The Morgan fingerprint density at radius 3 is 2.33 bits per heavy atom. The fourth-order valence-corrected chi connectivity index (χ4v) is 1.19. The molecule has 1 heterocycles. The Morgan fingerprint density at radius 1 is 1.25 bits per heavy atom. The molecule has 12 heavy (non-hydrogen) atoms. The van der Waals surface area contributed by atoms with E-state index in [1.54, 1.807) is 12.4 Å². The summed E-state index contributed by atoms with van der Waals surface area (Å²) in [6, 6.07) is 0. The van der Waals surface area contributed by atoms with E-state index >= 15 is 0 Å². The van der Waals surface area contributed by atoms with Crippen molar-refractivity contribution < 1.29 is 0 Å². The van der Waals surface area contributed by atoms with E-state index in [2.05, 4.69) is 31.0 Å². The molecule has 0 fully saturated rings. The normalized spacial score (nSPS) is 11.7. The molecule has 0 bridgehead atoms. The highest BCUT2D eigenvalue weighted by Crippen LogP contribution is 2.24. The van der Waals surface area contributed by atoms with Crippen molar-refractivity contribution in [1.29, 1.82) is 0 Å². The second kappa shape index (κ2) is 3.40. The molecular formula is C9H13ClN2. The average Bonchev–Trinajstić information content (AvgIpc) is 1.91. The minimum Gasteiger partial charge on any atom is -0.159 e. The third-order valence-electron chi connectivity index (χ3n) is 1.48. The Hall–Kier alpha value is -0.630. The van der Waals surface area contributed by atoms with Crippen LogP contribution in [0.15, 0.2) is 12.4 Å². The van der Waals surface area contributed by atoms with Gasteiger partial charge in [-0.25, -0.2) is 0 Å². The Bertz CT molecular complexity index is 265. The van der Waals surface area contributed by atoms with Crippen molar-refractivity contribution in [3.05, 3.63) is 23.0 Å². The Balaban J connectivity index is 2.83. The van der Waals surface area contributed by atoms with Crippen molar-refractivity contribution in [2.75, 3.05) is 0 Å². The lowest BCUT2D eigenvalue weighted by atomic mass is 9.89. The topological polar surface area (TPSA) is 25.8 Å². The number of hydrogen-bond acceptors (Lipinski definition) is 2. The van der Waals surface area contributed by atoms with Gasteiger partial charge in [-0.1, -0.05) is 32.4 Å². The van der Waals surface area contributed by atoms with Crippen LogP contribution in [-0.4, -0.2) is 10.2 Å². The van der Waals surface area contributed by atoms with Crippen LogP contribution in [0, 0.1) is 5.41 Å². The molecule has 0 spiro atoms. The van der Waals surface area contributed by atoms with Crippen LogP contribution in [0.4, 0.5) is 0 Å². The lowest BCUT2D eigenvalue weighted by Crippen LogP contribution is -2.09. The lowest BCUT2D eigenvalue weighted by Gasteiger charge is -2.17. The summed E-state index contributed by atoms with van der Waals surface area (Å²) in [6.07, 6.45) is 4.25. The zero-order valence-corrected chi connectivity index (χ0v) is 8.39. The van der Waals surface area contributed by atoms with Crippen LogP contribution in [0.25, 0.3) is 0 Å². The predicted molar refractivity (Wildman–Crippen MR) is 50.2 cm³/mol. The molecule has 0 amide bonds. The van der Waals surface area contributed by atoms with E-state index in [0.29, 0.717) is 5.02 Å². The third kappa shape index (κ3) is 2.78. The highest BCUT2D eigenvalue weighted by molar-refractivity contribution is 6.31. The first-order chi connectivity index (χ1) is 5.49. The standard InChI is InChI=1S/C9H13ClN2/c1-9(2,3)4-7-5-11-12-6-8(7)10/h5-6H,4H2,1-3H3. The summed E-state index contributed by atoms with van der Waals surface area (Å²) in [5.41, 5.74) is 1.31. The number of halogens is 1. The van der Waals surface area contributed by atoms with Crippen LogP contribution in [0.1, 0.15) is 26.3 Å². The van der Waals surface area contributed by atoms with Gasteiger partial charge in [0, 0.05) is 0 Å². The van der Waals surface area contributed by atoms with Gasteiger partial charge < -0.3 is 0 Å². The van der Waals surface area contributed by atoms with Gasteiger partial charge in [-0.3, -0.25) is 0 Å². The molecule has 2 nitrogen and oxygen atoms in total. The summed E-state index contributed by atoms with van der Waals surface area (Å²) >= 11 is 5.93. The second-order valence-electron chi connectivity index (χ2n) is 4.10. The van der Waals surface area contributed by atoms with Gasteiger partial charge in [-0.05, 0) is 17.4 Å². The minimum atomic E-state index is 0.243. The molecule has 0 saturated heterocycles. The first kappa shape index (κ1) is 9.46. The molecular weight excluding hydrogens is 172 g/mol. The highest BCUT2D eigenvalue weighted by Gasteiger charge is 2.13. The van der Waals surface area contributed by atoms with E-state index in [1.165, 1.54) is 0 Å². The highest BCUT2D eigenvalue weighted by atomic mass is 35.5. The third-order valence-corrected chi connectivity index (χ3v) is 1.82. The van der Waals surface area contributed by atoms with Gasteiger partial charge in [-0.15, -0.1) is 0 Å². The van der Waals surface area contributed by atoms with Gasteiger partial charge in [0.2, 0.25) is 0 Å². The Kier molecular flexibility index (Phi) is 2.68. The second-order valence-corrected chi connectivity index (χ2v) is 4.51. The van der Waals surface area contributed by atoms with Gasteiger partial charge >= 0.3 is 0 Å². The number of aromatic nitrogens is 2. The summed E-state index contributed by atoms with van der Waals surface area (Å²) in [4.78, 5) is 0. The smallest absolute Gasteiger partial charge is 0.0685 e. The summed E-state index contributed by atoms with van der Waals surface area (Å²) < 4.78 is 0. The maximum atomic E-state index is 5.93. The molecule has 66 valence electrons. The molecule has 0 aliphatic rings. The molecule has 0 aromatic carbocycles. The van der Waals surface area contributed by atoms with Crippen LogP contribution < -0.4 is 0 Å². The molecule has 0 aliphatic heterocycles. The van der Waals surface area contributed by atoms with Crippen LogP contribution in [0.3, 0.4) is 0 Å². The van der Waals surface area contributed by atoms with E-state index in [-0.39, 0.29) is 5.41 Å². The zero-order chi connectivity index (χ0) is 9.19. The Morgan fingerprint density at radius 2 is 1.83 bits per heavy atom. The molecule has 0 saturated carbocycles. The molecule has 1 rings (SSSR count). The summed E-state index contributed by atoms with van der Waals surface area (Å²) in [5, 5.41) is 8.20. The fourth-order valence-electron chi connectivity index (χ4n) is 1.03. The van der Waals surface area contributed by atoms with Crippen LogP contribution in [-0.2, 0) is 6.42 Å². The van der Waals surface area contributed by atoms with Crippen molar-refractivity contribution >= 4 is 11.6 Å². The predicted octanol–water partition coefficient (Wildman–Crippen LogP) is 2.72. The molecule has 0 aliphatic carbocycles. The maximum Gasteiger partial charge on any atom is 0.0685 e. The molecule has 1 aromatic heterocycles. The monoisotopic (exact) mass is 184 g/mol. The van der Waals surface area contributed by atoms with Crippen LogP contribution >= 0.6 is 11.6 Å². The summed E-state index contributed by atoms with van der Waals surface area (Å²) in [7, 11) is 0. The molecule has 1 aromatic rings. The van der Waals surface area contributed by atoms with Crippen molar-refractivity contribution in [3.63, 3.8) is 0 Å². The van der Waals surface area contributed by atoms with E-state index in [0.717, 1.165) is 12.0 Å². The first-order valence-corrected chi connectivity index (χ1v) is 4.32. The summed E-state index contributed by atoms with van der Waals surface area (Å²) in [5.74, 6) is 0. The van der Waals surface area contributed by atoms with Crippen LogP contribution in [0.5, 0.6) is 0 Å². The number of rotatable bonds is 1. The van der Waals surface area contributed by atoms with E-state index in [1.807, 2.05) is 0 Å². The summed E-state index contributed by atoms with van der Waals surface area (Å²) in [6.45, 7) is 6.51. The lowest BCUT2D eigenvalue weighted by molar-refractivity contribution is 0.410. The molecule has 0 N–H and O–H groups in total. The van der Waals surface area contributed by atoms with Gasteiger partial charge in [-0.2, -0.15) is 10.2 Å². The zero-order valence-electron chi connectivity index (χ0n) is 7.63. The van der Waals surface area contributed by atoms with E-state index in [9.17, 15) is 0 Å². The van der Waals surface area contributed by atoms with E-state index in [4.69, 9.17) is 11.6 Å². The molecule has 0 unspecified atom stereocenters. The van der Waals surface area contributed by atoms with Crippen LogP contribution in [0.2, 0.25) is 5.02 Å². The van der Waals surface area contributed by atoms with Crippen molar-refractivity contribution in [3.8, 4) is 0 Å². The van der Waals surface area contributed by atoms with E-state index < -0.39 is 0 Å². The van der Waals surface area contributed by atoms with Crippen molar-refractivity contribution in [2.24, 2.45) is 5.41 Å². The SMILES string of the molecule is CC(C)(C)Cc1cnncc1Cl. The van der Waals surface area contributed by atoms with Crippen molar-refractivity contribution in [2.45, 2.75) is 27.2 Å². The minimum absolute atomic E-state index is 0.243. The molecule has 3 heteroatoms. The largest absolute Gasteiger partial charge is 0.159 e. The number of hydrogen-bond donors (Lipinski definition) is 0. The number of nitrogens with zero attached hydrogens (tertiary/aromatic N) is 2. The average molecular weight is 185 g/mol. The fraction of sp³-hybridized carbons (Fsp3) is 0.556. The first-order valence-electron chi connectivity index (χ1n) is 3.94. The van der Waals surface area contributed by atoms with Gasteiger partial charge in [0.25, 0.3) is 0 Å². The van der Waals surface area contributed by atoms with Gasteiger partial charge in [0.05, 0.1) is 17.4 Å². The van der Waals surface area contributed by atoms with Crippen molar-refractivity contribution in [1.82, 2.24) is 10.2 Å².